The van der Waals surface area contributed by atoms with Gasteiger partial charge in [-0.1, -0.05) is 11.3 Å². The Kier molecular flexibility index (Phi) is 3.42. The third-order valence-electron chi connectivity index (χ3n) is 1.86. The Morgan fingerprint density at radius 3 is 2.62 bits per heavy atom. The van der Waals surface area contributed by atoms with Gasteiger partial charge in [0.25, 0.3) is 4.74 Å². The van der Waals surface area contributed by atoms with E-state index in [4.69, 9.17) is 0 Å². The maximum absolute atomic E-state index is 11.4. The number of anilines is 1. The molecule has 0 atom stereocenters. The van der Waals surface area contributed by atoms with Gasteiger partial charge in [0.2, 0.25) is 0 Å². The molecule has 0 saturated carbocycles. The van der Waals surface area contributed by atoms with E-state index in [1.54, 1.807) is 5.38 Å². The van der Waals surface area contributed by atoms with Crippen LogP contribution in [0.1, 0.15) is 19.5 Å². The Hall–Kier alpha value is -0.900. The van der Waals surface area contributed by atoms with Gasteiger partial charge in [-0.2, -0.15) is 0 Å². The zero-order valence-electron chi connectivity index (χ0n) is 8.20. The molecule has 0 unspecified atom stereocenters. The van der Waals surface area contributed by atoms with Gasteiger partial charge < -0.3 is 4.90 Å². The minimum Gasteiger partial charge on any atom is -0.353 e. The molecule has 0 aliphatic carbocycles. The summed E-state index contributed by atoms with van der Waals surface area (Å²) in [5.74, 6) is 0.593. The molecule has 4 heteroatoms. The smallest absolute Gasteiger partial charge is 0.274 e. The van der Waals surface area contributed by atoms with Crippen LogP contribution in [-0.2, 0) is 0 Å². The van der Waals surface area contributed by atoms with Gasteiger partial charge >= 0.3 is 0 Å². The molecule has 0 aliphatic heterocycles. The van der Waals surface area contributed by atoms with E-state index in [1.165, 1.54) is 11.3 Å². The normalized spacial score (nSPS) is 10.1. The lowest BCUT2D eigenvalue weighted by Crippen LogP contribution is -2.27. The van der Waals surface area contributed by atoms with Crippen molar-refractivity contribution in [3.05, 3.63) is 20.6 Å². The fourth-order valence-electron chi connectivity index (χ4n) is 1.15. The van der Waals surface area contributed by atoms with Crippen molar-refractivity contribution in [1.82, 2.24) is 4.98 Å². The predicted molar refractivity (Wildman–Crippen MR) is 56.7 cm³/mol. The van der Waals surface area contributed by atoms with Gasteiger partial charge in [-0.15, -0.1) is 0 Å². The van der Waals surface area contributed by atoms with Crippen molar-refractivity contribution >= 4 is 17.2 Å². The van der Waals surface area contributed by atoms with Crippen LogP contribution in [0.25, 0.3) is 0 Å². The highest BCUT2D eigenvalue weighted by Crippen LogP contribution is 2.06. The summed E-state index contributed by atoms with van der Waals surface area (Å²) in [6.45, 7) is 7.61. The van der Waals surface area contributed by atoms with Gasteiger partial charge in [-0.3, -0.25) is 4.79 Å². The first-order valence-electron chi connectivity index (χ1n) is 4.40. The largest absolute Gasteiger partial charge is 0.353 e. The van der Waals surface area contributed by atoms with E-state index < -0.39 is 0 Å². The molecule has 0 spiro atoms. The molecule has 1 rings (SSSR count). The van der Waals surface area contributed by atoms with Crippen LogP contribution in [0.2, 0.25) is 0 Å². The molecule has 0 N–H and O–H groups in total. The van der Waals surface area contributed by atoms with Crippen LogP contribution in [-0.4, -0.2) is 18.1 Å². The van der Waals surface area contributed by atoms with Crippen molar-refractivity contribution in [2.75, 3.05) is 18.0 Å². The van der Waals surface area contributed by atoms with E-state index in [0.29, 0.717) is 5.82 Å². The summed E-state index contributed by atoms with van der Waals surface area (Å²) >= 11 is 1.22. The van der Waals surface area contributed by atoms with Crippen molar-refractivity contribution in [3.8, 4) is 0 Å². The van der Waals surface area contributed by atoms with Crippen LogP contribution in [0.15, 0.2) is 10.2 Å². The molecule has 1 heterocycles. The Balaban J connectivity index is 3.11. The topological polar surface area (TPSA) is 33.2 Å². The van der Waals surface area contributed by atoms with E-state index >= 15 is 0 Å². The molecular weight excluding hydrogens is 184 g/mol. The van der Waals surface area contributed by atoms with Gasteiger partial charge in [0, 0.05) is 24.2 Å². The minimum atomic E-state index is 0.0503. The molecule has 0 fully saturated rings. The molecule has 72 valence electrons. The Morgan fingerprint density at radius 1 is 1.46 bits per heavy atom. The lowest BCUT2D eigenvalue weighted by molar-refractivity contribution is 0.841. The van der Waals surface area contributed by atoms with Crippen molar-refractivity contribution < 1.29 is 0 Å². The van der Waals surface area contributed by atoms with Gasteiger partial charge in [0.1, 0.15) is 0 Å². The summed E-state index contributed by atoms with van der Waals surface area (Å²) in [5, 5.41) is 1.79. The molecule has 3 nitrogen and oxygen atoms in total. The van der Waals surface area contributed by atoms with Crippen LogP contribution in [0.5, 0.6) is 0 Å². The van der Waals surface area contributed by atoms with Gasteiger partial charge in [0.05, 0.1) is 0 Å². The molecule has 1 aromatic rings. The molecule has 13 heavy (non-hydrogen) atoms. The first kappa shape index (κ1) is 10.2. The third kappa shape index (κ3) is 2.28. The average Bonchev–Trinajstić information content (AvgIpc) is 2.13. The van der Waals surface area contributed by atoms with Crippen molar-refractivity contribution in [1.29, 1.82) is 0 Å². The summed E-state index contributed by atoms with van der Waals surface area (Å²) in [6, 6.07) is 0. The van der Waals surface area contributed by atoms with E-state index in [1.807, 2.05) is 25.7 Å². The van der Waals surface area contributed by atoms with Crippen molar-refractivity contribution in [2.45, 2.75) is 20.8 Å². The van der Waals surface area contributed by atoms with Gasteiger partial charge in [-0.05, 0) is 20.8 Å². The number of nitrogens with zero attached hydrogens (tertiary/aromatic N) is 2. The maximum Gasteiger partial charge on any atom is 0.274 e. The van der Waals surface area contributed by atoms with Crippen LogP contribution in [0.3, 0.4) is 0 Å². The molecule has 0 aliphatic rings. The first-order chi connectivity index (χ1) is 6.19. The number of aryl methyl sites for hydroxylation is 1. The summed E-state index contributed by atoms with van der Waals surface area (Å²) in [7, 11) is 0. The number of hydrogen-bond donors (Lipinski definition) is 0. The molecule has 0 aromatic carbocycles. The molecule has 0 amide bonds. The van der Waals surface area contributed by atoms with Crippen molar-refractivity contribution in [3.63, 3.8) is 0 Å². The second kappa shape index (κ2) is 4.37. The summed E-state index contributed by atoms with van der Waals surface area (Å²) in [5.41, 5.74) is 0.909. The van der Waals surface area contributed by atoms with E-state index in [-0.39, 0.29) is 4.74 Å². The third-order valence-corrected chi connectivity index (χ3v) is 2.72. The predicted octanol–water partition coefficient (Wildman–Crippen LogP) is 1.66. The first-order valence-corrected chi connectivity index (χ1v) is 5.28. The van der Waals surface area contributed by atoms with Crippen LogP contribution >= 0.6 is 11.3 Å². The van der Waals surface area contributed by atoms with Crippen molar-refractivity contribution in [2.24, 2.45) is 0 Å². The lowest BCUT2D eigenvalue weighted by atomic mass is 10.5. The SMILES string of the molecule is CCN(CC)c1nc(C)csc1=O. The van der Waals surface area contributed by atoms with Crippen LogP contribution < -0.4 is 9.64 Å². The average molecular weight is 198 g/mol. The van der Waals surface area contributed by atoms with E-state index in [9.17, 15) is 4.79 Å². The maximum atomic E-state index is 11.4. The molecule has 1 aromatic heterocycles. The molecule has 0 radical (unpaired) electrons. The second-order valence-electron chi connectivity index (χ2n) is 2.77. The molecule has 0 saturated heterocycles. The van der Waals surface area contributed by atoms with Crippen LogP contribution in [0, 0.1) is 6.92 Å². The summed E-state index contributed by atoms with van der Waals surface area (Å²) in [6.07, 6.45) is 0. The lowest BCUT2D eigenvalue weighted by Gasteiger charge is -2.18. The summed E-state index contributed by atoms with van der Waals surface area (Å²) < 4.78 is 0.0503. The highest BCUT2D eigenvalue weighted by molar-refractivity contribution is 7.07. The standard InChI is InChI=1S/C9H14N2OS/c1-4-11(5-2)8-9(12)13-6-7(3)10-8/h6H,4-5H2,1-3H3. The fourth-order valence-corrected chi connectivity index (χ4v) is 1.76. The fraction of sp³-hybridized carbons (Fsp3) is 0.556. The van der Waals surface area contributed by atoms with E-state index in [0.717, 1.165) is 18.8 Å². The van der Waals surface area contributed by atoms with E-state index in [2.05, 4.69) is 4.98 Å². The highest BCUT2D eigenvalue weighted by Gasteiger charge is 2.07. The number of aromatic nitrogens is 1. The summed E-state index contributed by atoms with van der Waals surface area (Å²) in [4.78, 5) is 17.7. The zero-order valence-corrected chi connectivity index (χ0v) is 9.02. The monoisotopic (exact) mass is 198 g/mol. The highest BCUT2D eigenvalue weighted by atomic mass is 32.1. The zero-order chi connectivity index (χ0) is 9.84. The Morgan fingerprint density at radius 2 is 2.08 bits per heavy atom. The molecular formula is C9H14N2OS. The Labute approximate surface area is 82.0 Å². The minimum absolute atomic E-state index is 0.0503. The van der Waals surface area contributed by atoms with Crippen LogP contribution in [0.4, 0.5) is 5.82 Å². The Bertz CT molecular complexity index is 331. The van der Waals surface area contributed by atoms with Gasteiger partial charge in [-0.25, -0.2) is 4.98 Å². The number of rotatable bonds is 3. The van der Waals surface area contributed by atoms with Gasteiger partial charge in [0.15, 0.2) is 5.82 Å². The second-order valence-corrected chi connectivity index (χ2v) is 3.61. The molecule has 0 bridgehead atoms. The number of hydrogen-bond acceptors (Lipinski definition) is 4. The quantitative estimate of drug-likeness (QED) is 0.740.